The van der Waals surface area contributed by atoms with Crippen LogP contribution in [0.5, 0.6) is 5.75 Å². The van der Waals surface area contributed by atoms with Crippen LogP contribution in [0.25, 0.3) is 0 Å². The molecule has 30 heavy (non-hydrogen) atoms. The SMILES string of the molecule is COc1cccc(CN(c2ccc(C#N)cc2)c2scnc2C(=O)NC[SH](=O)=O)c1. The zero-order valence-corrected chi connectivity index (χ0v) is 17.7. The van der Waals surface area contributed by atoms with Gasteiger partial charge >= 0.3 is 0 Å². The van der Waals surface area contributed by atoms with Gasteiger partial charge in [0.2, 0.25) is 0 Å². The van der Waals surface area contributed by atoms with Gasteiger partial charge in [-0.2, -0.15) is 5.26 Å². The van der Waals surface area contributed by atoms with Crippen molar-refractivity contribution in [2.75, 3.05) is 17.9 Å². The Labute approximate surface area is 179 Å². The van der Waals surface area contributed by atoms with Gasteiger partial charge in [0.05, 0.1) is 24.3 Å². The van der Waals surface area contributed by atoms with Crippen LogP contribution in [0.4, 0.5) is 10.7 Å². The van der Waals surface area contributed by atoms with E-state index in [2.05, 4.69) is 16.4 Å². The fourth-order valence-electron chi connectivity index (χ4n) is 2.76. The van der Waals surface area contributed by atoms with Crippen molar-refractivity contribution in [1.29, 1.82) is 5.26 Å². The zero-order chi connectivity index (χ0) is 21.5. The largest absolute Gasteiger partial charge is 0.497 e. The van der Waals surface area contributed by atoms with Gasteiger partial charge in [-0.25, -0.2) is 13.4 Å². The number of nitriles is 1. The molecule has 8 nitrogen and oxygen atoms in total. The van der Waals surface area contributed by atoms with Gasteiger partial charge in [0.25, 0.3) is 5.91 Å². The van der Waals surface area contributed by atoms with Gasteiger partial charge in [-0.3, -0.25) is 4.79 Å². The molecular formula is C20H18N4O4S2. The molecule has 0 bridgehead atoms. The topological polar surface area (TPSA) is 112 Å². The van der Waals surface area contributed by atoms with Crippen molar-refractivity contribution in [1.82, 2.24) is 10.3 Å². The summed E-state index contributed by atoms with van der Waals surface area (Å²) in [4.78, 5) is 18.5. The standard InChI is InChI=1S/C20H18N4O4S2/c1-28-17-4-2-3-15(9-17)11-24(16-7-5-14(10-21)6-8-16)20-18(22-12-29-20)19(25)23-13-30(26)27/h2-9,12,30H,11,13H2,1H3,(H,23,25). The van der Waals surface area contributed by atoms with Crippen LogP contribution in [-0.2, 0) is 17.2 Å². The Hall–Kier alpha value is -3.42. The van der Waals surface area contributed by atoms with Crippen LogP contribution >= 0.6 is 11.3 Å². The minimum Gasteiger partial charge on any atom is -0.497 e. The van der Waals surface area contributed by atoms with E-state index >= 15 is 0 Å². The first-order valence-electron chi connectivity index (χ1n) is 8.76. The maximum Gasteiger partial charge on any atom is 0.273 e. The fraction of sp³-hybridized carbons (Fsp3) is 0.150. The third kappa shape index (κ3) is 5.14. The van der Waals surface area contributed by atoms with E-state index in [0.717, 1.165) is 11.3 Å². The molecule has 2 aromatic carbocycles. The van der Waals surface area contributed by atoms with E-state index < -0.39 is 22.5 Å². The molecule has 3 rings (SSSR count). The van der Waals surface area contributed by atoms with Gasteiger partial charge in [-0.15, -0.1) is 11.3 Å². The van der Waals surface area contributed by atoms with Crippen molar-refractivity contribution in [2.45, 2.75) is 6.54 Å². The summed E-state index contributed by atoms with van der Waals surface area (Å²) >= 11 is 1.26. The molecular weight excluding hydrogens is 424 g/mol. The highest BCUT2D eigenvalue weighted by atomic mass is 32.2. The normalized spacial score (nSPS) is 10.4. The van der Waals surface area contributed by atoms with Crippen LogP contribution in [0.1, 0.15) is 21.6 Å². The fourth-order valence-corrected chi connectivity index (χ4v) is 3.84. The zero-order valence-electron chi connectivity index (χ0n) is 15.9. The summed E-state index contributed by atoms with van der Waals surface area (Å²) in [7, 11) is -1.16. The molecule has 0 radical (unpaired) electrons. The lowest BCUT2D eigenvalue weighted by atomic mass is 10.1. The second-order valence-corrected chi connectivity index (χ2v) is 7.91. The summed E-state index contributed by atoms with van der Waals surface area (Å²) in [5.41, 5.74) is 3.86. The first kappa shape index (κ1) is 21.3. The molecule has 0 saturated carbocycles. The van der Waals surface area contributed by atoms with Crippen molar-refractivity contribution in [2.24, 2.45) is 0 Å². The lowest BCUT2D eigenvalue weighted by Gasteiger charge is -2.24. The monoisotopic (exact) mass is 442 g/mol. The van der Waals surface area contributed by atoms with Crippen molar-refractivity contribution in [3.05, 3.63) is 70.9 Å². The molecule has 0 aliphatic carbocycles. The van der Waals surface area contributed by atoms with Crippen LogP contribution in [0.3, 0.4) is 0 Å². The Morgan fingerprint density at radius 3 is 2.70 bits per heavy atom. The van der Waals surface area contributed by atoms with E-state index in [0.29, 0.717) is 22.9 Å². The summed E-state index contributed by atoms with van der Waals surface area (Å²) in [6, 6.07) is 16.6. The third-order valence-corrected chi connectivity index (χ3v) is 5.42. The summed E-state index contributed by atoms with van der Waals surface area (Å²) in [5, 5.41) is 12.0. The molecule has 1 amide bonds. The minimum absolute atomic E-state index is 0.129. The summed E-state index contributed by atoms with van der Waals surface area (Å²) in [5.74, 6) is -0.332. The number of carbonyl (C=O) groups is 1. The Morgan fingerprint density at radius 1 is 1.27 bits per heavy atom. The lowest BCUT2D eigenvalue weighted by Crippen LogP contribution is -2.27. The van der Waals surface area contributed by atoms with E-state index in [-0.39, 0.29) is 5.69 Å². The second-order valence-electron chi connectivity index (χ2n) is 6.10. The van der Waals surface area contributed by atoms with Gasteiger partial charge in [-0.1, -0.05) is 12.1 Å². The van der Waals surface area contributed by atoms with E-state index in [9.17, 15) is 13.2 Å². The Morgan fingerprint density at radius 2 is 2.03 bits per heavy atom. The molecule has 0 aliphatic rings. The number of hydrogen-bond donors (Lipinski definition) is 2. The molecule has 0 atom stereocenters. The number of amides is 1. The van der Waals surface area contributed by atoms with E-state index in [1.165, 1.54) is 16.8 Å². The van der Waals surface area contributed by atoms with Crippen molar-refractivity contribution < 1.29 is 17.9 Å². The molecule has 1 heterocycles. The van der Waals surface area contributed by atoms with E-state index in [1.807, 2.05) is 29.2 Å². The Balaban J connectivity index is 2.00. The van der Waals surface area contributed by atoms with Gasteiger partial charge in [-0.05, 0) is 42.0 Å². The summed E-state index contributed by atoms with van der Waals surface area (Å²) in [6.45, 7) is 0.404. The van der Waals surface area contributed by atoms with Crippen LogP contribution in [0, 0.1) is 11.3 Å². The highest BCUT2D eigenvalue weighted by molar-refractivity contribution is 7.72. The number of thiol groups is 1. The van der Waals surface area contributed by atoms with E-state index in [1.54, 1.807) is 31.4 Å². The van der Waals surface area contributed by atoms with Crippen LogP contribution in [0.2, 0.25) is 0 Å². The molecule has 10 heteroatoms. The molecule has 1 N–H and O–H groups in total. The number of hydrogen-bond acceptors (Lipinski definition) is 8. The number of benzene rings is 2. The Kier molecular flexibility index (Phi) is 7.00. The smallest absolute Gasteiger partial charge is 0.273 e. The highest BCUT2D eigenvalue weighted by Crippen LogP contribution is 2.34. The lowest BCUT2D eigenvalue weighted by molar-refractivity contribution is 0.0956. The van der Waals surface area contributed by atoms with Crippen molar-refractivity contribution >= 4 is 38.6 Å². The summed E-state index contributed by atoms with van der Waals surface area (Å²) < 4.78 is 27.0. The highest BCUT2D eigenvalue weighted by Gasteiger charge is 2.22. The van der Waals surface area contributed by atoms with Crippen LogP contribution < -0.4 is 15.0 Å². The second kappa shape index (κ2) is 9.87. The molecule has 0 aliphatic heterocycles. The van der Waals surface area contributed by atoms with Gasteiger partial charge in [0.15, 0.2) is 16.4 Å². The number of ether oxygens (including phenoxy) is 1. The minimum atomic E-state index is -2.74. The molecule has 0 unspecified atom stereocenters. The van der Waals surface area contributed by atoms with Gasteiger partial charge < -0.3 is 15.0 Å². The maximum absolute atomic E-state index is 12.5. The molecule has 3 aromatic rings. The quantitative estimate of drug-likeness (QED) is 0.516. The number of nitrogens with one attached hydrogen (secondary N) is 1. The van der Waals surface area contributed by atoms with E-state index in [4.69, 9.17) is 10.00 Å². The number of carbonyl (C=O) groups excluding carboxylic acids is 1. The number of rotatable bonds is 8. The van der Waals surface area contributed by atoms with Gasteiger partial charge in [0, 0.05) is 12.2 Å². The maximum atomic E-state index is 12.5. The number of anilines is 2. The molecule has 1 aromatic heterocycles. The first-order valence-corrected chi connectivity index (χ1v) is 11.0. The predicted octanol–water partition coefficient (Wildman–Crippen LogP) is 2.66. The van der Waals surface area contributed by atoms with Crippen LogP contribution in [-0.4, -0.2) is 32.3 Å². The first-order chi connectivity index (χ1) is 14.5. The number of nitrogens with zero attached hydrogens (tertiary/aromatic N) is 3. The predicted molar refractivity (Wildman–Crippen MR) is 115 cm³/mol. The number of methoxy groups -OCH3 is 1. The number of aromatic nitrogens is 1. The molecule has 0 saturated heterocycles. The van der Waals surface area contributed by atoms with Crippen molar-refractivity contribution in [3.8, 4) is 11.8 Å². The van der Waals surface area contributed by atoms with Crippen LogP contribution in [0.15, 0.2) is 54.0 Å². The summed E-state index contributed by atoms with van der Waals surface area (Å²) in [6.07, 6.45) is 0. The molecule has 0 spiro atoms. The third-order valence-electron chi connectivity index (χ3n) is 4.16. The molecule has 0 fully saturated rings. The average molecular weight is 443 g/mol. The van der Waals surface area contributed by atoms with Crippen molar-refractivity contribution in [3.63, 3.8) is 0 Å². The average Bonchev–Trinajstić information content (AvgIpc) is 3.25. The van der Waals surface area contributed by atoms with Gasteiger partial charge in [0.1, 0.15) is 16.6 Å². The Bertz CT molecular complexity index is 1140. The molecule has 154 valence electrons. The number of thiazole rings is 1.